The van der Waals surface area contributed by atoms with Crippen molar-refractivity contribution in [3.63, 3.8) is 0 Å². The lowest BCUT2D eigenvalue weighted by Crippen LogP contribution is -2.38. The van der Waals surface area contributed by atoms with Gasteiger partial charge in [0.2, 0.25) is 5.91 Å². The van der Waals surface area contributed by atoms with Crippen LogP contribution in [0.25, 0.3) is 0 Å². The highest BCUT2D eigenvalue weighted by atomic mass is 32.2. The van der Waals surface area contributed by atoms with E-state index >= 15 is 0 Å². The third-order valence-electron chi connectivity index (χ3n) is 4.27. The number of nitrogens with zero attached hydrogens (tertiary/aromatic N) is 3. The second-order valence-electron chi connectivity index (χ2n) is 6.26. The summed E-state index contributed by atoms with van der Waals surface area (Å²) in [6, 6.07) is 9.24. The first-order valence-corrected chi connectivity index (χ1v) is 11.4. The minimum Gasteiger partial charge on any atom is -0.342 e. The Morgan fingerprint density at radius 2 is 1.69 bits per heavy atom. The summed E-state index contributed by atoms with van der Waals surface area (Å²) in [6.07, 6.45) is 2.18. The average Bonchev–Trinajstić information content (AvgIpc) is 3.13. The second-order valence-corrected chi connectivity index (χ2v) is 9.69. The third kappa shape index (κ3) is 5.56. The van der Waals surface area contributed by atoms with Gasteiger partial charge in [-0.15, -0.1) is 10.2 Å². The molecule has 0 bridgehead atoms. The second kappa shape index (κ2) is 9.53. The van der Waals surface area contributed by atoms with Crippen LogP contribution in [0.4, 0.5) is 0 Å². The molecular weight excluding hydrogens is 386 g/mol. The summed E-state index contributed by atoms with van der Waals surface area (Å²) in [6.45, 7) is 3.96. The van der Waals surface area contributed by atoms with Crippen LogP contribution in [-0.2, 0) is 4.79 Å². The van der Waals surface area contributed by atoms with Crippen LogP contribution in [0.5, 0.6) is 0 Å². The number of Topliss-reactive ketones (excluding diaryl/α,β-unsaturated/α-hetero) is 1. The highest BCUT2D eigenvalue weighted by molar-refractivity contribution is 8.03. The van der Waals surface area contributed by atoms with Gasteiger partial charge in [-0.3, -0.25) is 9.59 Å². The van der Waals surface area contributed by atoms with Gasteiger partial charge in [-0.2, -0.15) is 0 Å². The lowest BCUT2D eigenvalue weighted by atomic mass is 9.99. The van der Waals surface area contributed by atoms with E-state index in [0.717, 1.165) is 34.6 Å². The SMILES string of the molecule is CC1CCN(C(=O)CSc2nnc(SCC(=O)c3ccccc3)s2)CC1. The molecule has 0 aliphatic carbocycles. The summed E-state index contributed by atoms with van der Waals surface area (Å²) in [5.41, 5.74) is 0.709. The minimum absolute atomic E-state index is 0.0782. The number of hydrogen-bond acceptors (Lipinski definition) is 7. The van der Waals surface area contributed by atoms with E-state index in [9.17, 15) is 9.59 Å². The van der Waals surface area contributed by atoms with Crippen LogP contribution >= 0.6 is 34.9 Å². The quantitative estimate of drug-likeness (QED) is 0.513. The Hall–Kier alpha value is -1.38. The van der Waals surface area contributed by atoms with Crippen molar-refractivity contribution in [1.29, 1.82) is 0 Å². The van der Waals surface area contributed by atoms with Crippen molar-refractivity contribution >= 4 is 46.6 Å². The number of likely N-dealkylation sites (tertiary alicyclic amines) is 1. The maximum absolute atomic E-state index is 12.3. The van der Waals surface area contributed by atoms with E-state index in [1.54, 1.807) is 0 Å². The molecule has 1 aromatic carbocycles. The molecule has 0 radical (unpaired) electrons. The van der Waals surface area contributed by atoms with E-state index < -0.39 is 0 Å². The molecule has 0 spiro atoms. The summed E-state index contributed by atoms with van der Waals surface area (Å²) >= 11 is 4.26. The van der Waals surface area contributed by atoms with E-state index in [0.29, 0.717) is 23.0 Å². The fraction of sp³-hybridized carbons (Fsp3) is 0.444. The summed E-state index contributed by atoms with van der Waals surface area (Å²) in [5, 5.41) is 8.24. The van der Waals surface area contributed by atoms with E-state index in [1.807, 2.05) is 35.2 Å². The molecule has 0 unspecified atom stereocenters. The van der Waals surface area contributed by atoms with Crippen molar-refractivity contribution in [3.05, 3.63) is 35.9 Å². The van der Waals surface area contributed by atoms with Crippen LogP contribution in [0, 0.1) is 5.92 Å². The van der Waals surface area contributed by atoms with Crippen LogP contribution in [0.15, 0.2) is 39.0 Å². The van der Waals surface area contributed by atoms with Gasteiger partial charge in [-0.1, -0.05) is 72.1 Å². The van der Waals surface area contributed by atoms with Gasteiger partial charge < -0.3 is 4.90 Å². The number of piperidine rings is 1. The Bertz CT molecular complexity index is 743. The van der Waals surface area contributed by atoms with Crippen molar-refractivity contribution in [1.82, 2.24) is 15.1 Å². The summed E-state index contributed by atoms with van der Waals surface area (Å²) < 4.78 is 1.54. The predicted molar refractivity (Wildman–Crippen MR) is 107 cm³/mol. The molecule has 0 atom stereocenters. The number of thioether (sulfide) groups is 2. The van der Waals surface area contributed by atoms with Gasteiger partial charge in [0.25, 0.3) is 0 Å². The number of aromatic nitrogens is 2. The summed E-state index contributed by atoms with van der Waals surface area (Å²) in [5.74, 6) is 1.71. The van der Waals surface area contributed by atoms with Gasteiger partial charge in [0, 0.05) is 18.7 Å². The fourth-order valence-corrected chi connectivity index (χ4v) is 5.44. The van der Waals surface area contributed by atoms with E-state index in [1.165, 1.54) is 34.9 Å². The molecule has 138 valence electrons. The topological polar surface area (TPSA) is 63.2 Å². The van der Waals surface area contributed by atoms with E-state index in [4.69, 9.17) is 0 Å². The normalized spacial score (nSPS) is 15.2. The molecule has 1 saturated heterocycles. The molecular formula is C18H21N3O2S3. The smallest absolute Gasteiger partial charge is 0.233 e. The van der Waals surface area contributed by atoms with Gasteiger partial charge in [-0.05, 0) is 18.8 Å². The first kappa shape index (κ1) is 19.4. The molecule has 2 heterocycles. The van der Waals surface area contributed by atoms with Crippen LogP contribution in [0.1, 0.15) is 30.1 Å². The number of ketones is 1. The molecule has 26 heavy (non-hydrogen) atoms. The van der Waals surface area contributed by atoms with Crippen molar-refractivity contribution in [2.45, 2.75) is 28.4 Å². The Balaban J connectivity index is 1.43. The number of carbonyl (C=O) groups is 2. The Labute approximate surface area is 166 Å². The molecule has 0 N–H and O–H groups in total. The largest absolute Gasteiger partial charge is 0.342 e. The number of carbonyl (C=O) groups excluding carboxylic acids is 2. The maximum atomic E-state index is 12.3. The molecule has 1 aliphatic heterocycles. The van der Waals surface area contributed by atoms with Crippen LogP contribution in [0.3, 0.4) is 0 Å². The molecule has 8 heteroatoms. The fourth-order valence-electron chi connectivity index (χ4n) is 2.62. The van der Waals surface area contributed by atoms with Crippen molar-refractivity contribution in [2.24, 2.45) is 5.92 Å². The highest BCUT2D eigenvalue weighted by Gasteiger charge is 2.20. The molecule has 5 nitrogen and oxygen atoms in total. The van der Waals surface area contributed by atoms with E-state index in [2.05, 4.69) is 17.1 Å². The van der Waals surface area contributed by atoms with Crippen molar-refractivity contribution in [3.8, 4) is 0 Å². The van der Waals surface area contributed by atoms with Gasteiger partial charge in [0.05, 0.1) is 11.5 Å². The Kier molecular flexibility index (Phi) is 7.10. The van der Waals surface area contributed by atoms with Crippen LogP contribution in [0.2, 0.25) is 0 Å². The van der Waals surface area contributed by atoms with Crippen molar-refractivity contribution in [2.75, 3.05) is 24.6 Å². The summed E-state index contributed by atoms with van der Waals surface area (Å²) in [4.78, 5) is 26.3. The zero-order valence-corrected chi connectivity index (χ0v) is 17.0. The number of amides is 1. The lowest BCUT2D eigenvalue weighted by molar-refractivity contribution is -0.129. The molecule has 1 fully saturated rings. The minimum atomic E-state index is 0.0782. The number of rotatable bonds is 7. The third-order valence-corrected chi connectivity index (χ3v) is 7.44. The monoisotopic (exact) mass is 407 g/mol. The number of hydrogen-bond donors (Lipinski definition) is 0. The first-order valence-electron chi connectivity index (χ1n) is 8.57. The molecule has 1 amide bonds. The molecule has 0 saturated carbocycles. The van der Waals surface area contributed by atoms with Crippen molar-refractivity contribution < 1.29 is 9.59 Å². The molecule has 2 aromatic rings. The zero-order valence-electron chi connectivity index (χ0n) is 14.6. The predicted octanol–water partition coefficient (Wildman–Crippen LogP) is 3.86. The zero-order chi connectivity index (χ0) is 18.4. The lowest BCUT2D eigenvalue weighted by Gasteiger charge is -2.30. The molecule has 1 aromatic heterocycles. The summed E-state index contributed by atoms with van der Waals surface area (Å²) in [7, 11) is 0. The van der Waals surface area contributed by atoms with Crippen LogP contribution in [-0.4, -0.2) is 51.4 Å². The maximum Gasteiger partial charge on any atom is 0.233 e. The Morgan fingerprint density at radius 1 is 1.08 bits per heavy atom. The molecule has 1 aliphatic rings. The standard InChI is InChI=1S/C18H21N3O2S3/c1-13-7-9-21(10-8-13)16(23)12-25-18-20-19-17(26-18)24-11-15(22)14-5-3-2-4-6-14/h2-6,13H,7-12H2,1H3. The first-order chi connectivity index (χ1) is 12.6. The average molecular weight is 408 g/mol. The van der Waals surface area contributed by atoms with Gasteiger partial charge in [0.15, 0.2) is 14.5 Å². The van der Waals surface area contributed by atoms with Gasteiger partial charge in [-0.25, -0.2) is 0 Å². The Morgan fingerprint density at radius 3 is 2.35 bits per heavy atom. The van der Waals surface area contributed by atoms with E-state index in [-0.39, 0.29) is 11.7 Å². The number of benzene rings is 1. The highest BCUT2D eigenvalue weighted by Crippen LogP contribution is 2.29. The molecule has 3 rings (SSSR count). The van der Waals surface area contributed by atoms with Gasteiger partial charge >= 0.3 is 0 Å². The van der Waals surface area contributed by atoms with Gasteiger partial charge in [0.1, 0.15) is 0 Å². The van der Waals surface area contributed by atoms with Crippen LogP contribution < -0.4 is 0 Å².